The molecule has 0 radical (unpaired) electrons. The van der Waals surface area contributed by atoms with Crippen LogP contribution < -0.4 is 0 Å². The smallest absolute Gasteiger partial charge is 0.276 e. The Balaban J connectivity index is 1.55. The van der Waals surface area contributed by atoms with E-state index in [2.05, 4.69) is 54.2 Å². The maximum absolute atomic E-state index is 12.7. The fourth-order valence-corrected chi connectivity index (χ4v) is 3.29. The van der Waals surface area contributed by atoms with E-state index < -0.39 is 0 Å². The third kappa shape index (κ3) is 4.41. The molecule has 5 heteroatoms. The second-order valence-electron chi connectivity index (χ2n) is 7.27. The molecule has 138 valence electrons. The summed E-state index contributed by atoms with van der Waals surface area (Å²) in [5.41, 5.74) is 1.71. The van der Waals surface area contributed by atoms with E-state index in [1.165, 1.54) is 5.56 Å². The number of amides is 1. The van der Waals surface area contributed by atoms with Gasteiger partial charge in [0.2, 0.25) is 0 Å². The number of likely N-dealkylation sites (N-methyl/N-ethyl adjacent to an activating group) is 1. The summed E-state index contributed by atoms with van der Waals surface area (Å²) in [5.74, 6) is 1.04. The van der Waals surface area contributed by atoms with E-state index in [0.717, 1.165) is 18.7 Å². The molecule has 2 aromatic rings. The van der Waals surface area contributed by atoms with Crippen molar-refractivity contribution in [3.05, 3.63) is 65.6 Å². The number of hydrogen-bond acceptors (Lipinski definition) is 4. The van der Waals surface area contributed by atoms with Crippen molar-refractivity contribution in [2.24, 2.45) is 5.92 Å². The van der Waals surface area contributed by atoms with E-state index in [1.807, 2.05) is 24.1 Å². The number of carbonyl (C=O) groups is 1. The highest BCUT2D eigenvalue weighted by atomic mass is 16.5. The molecule has 1 aliphatic rings. The van der Waals surface area contributed by atoms with Gasteiger partial charge in [-0.15, -0.1) is 0 Å². The van der Waals surface area contributed by atoms with Crippen molar-refractivity contribution < 1.29 is 9.32 Å². The van der Waals surface area contributed by atoms with Crippen LogP contribution in [0.3, 0.4) is 0 Å². The highest BCUT2D eigenvalue weighted by Crippen LogP contribution is 2.20. The SMILES string of the molecule is CC(C)[C@H]1C=CCN1C(=O)c1cc(CN(C)CCc2ccccc2)on1. The van der Waals surface area contributed by atoms with Crippen LogP contribution in [0.15, 0.2) is 53.1 Å². The quantitative estimate of drug-likeness (QED) is 0.716. The van der Waals surface area contributed by atoms with E-state index in [-0.39, 0.29) is 11.9 Å². The average molecular weight is 353 g/mol. The minimum absolute atomic E-state index is 0.0596. The van der Waals surface area contributed by atoms with Crippen molar-refractivity contribution in [2.45, 2.75) is 32.9 Å². The Morgan fingerprint density at radius 1 is 1.35 bits per heavy atom. The standard InChI is InChI=1S/C21H27N3O2/c1-16(2)20-10-7-12-24(20)21(25)19-14-18(26-22-19)15-23(3)13-11-17-8-5-4-6-9-17/h4-10,14,16,20H,11-13,15H2,1-3H3/t20-/m1/s1. The van der Waals surface area contributed by atoms with Gasteiger partial charge < -0.3 is 9.42 Å². The number of rotatable bonds is 7. The molecule has 5 nitrogen and oxygen atoms in total. The van der Waals surface area contributed by atoms with Crippen molar-refractivity contribution in [3.63, 3.8) is 0 Å². The summed E-state index contributed by atoms with van der Waals surface area (Å²) < 4.78 is 5.40. The second kappa shape index (κ2) is 8.32. The van der Waals surface area contributed by atoms with Gasteiger partial charge in [0.25, 0.3) is 5.91 Å². The van der Waals surface area contributed by atoms with Crippen LogP contribution in [0.5, 0.6) is 0 Å². The van der Waals surface area contributed by atoms with Gasteiger partial charge in [-0.05, 0) is 24.9 Å². The van der Waals surface area contributed by atoms with Gasteiger partial charge in [-0.1, -0.05) is 61.5 Å². The number of benzene rings is 1. The Morgan fingerprint density at radius 2 is 2.12 bits per heavy atom. The van der Waals surface area contributed by atoms with Crippen molar-refractivity contribution in [1.82, 2.24) is 15.0 Å². The van der Waals surface area contributed by atoms with Gasteiger partial charge in [-0.3, -0.25) is 9.69 Å². The van der Waals surface area contributed by atoms with Crippen LogP contribution in [-0.4, -0.2) is 47.0 Å². The third-order valence-corrected chi connectivity index (χ3v) is 4.77. The molecule has 0 fully saturated rings. The van der Waals surface area contributed by atoms with Crippen LogP contribution in [0.2, 0.25) is 0 Å². The fraction of sp³-hybridized carbons (Fsp3) is 0.429. The van der Waals surface area contributed by atoms with Crippen molar-refractivity contribution in [2.75, 3.05) is 20.1 Å². The van der Waals surface area contributed by atoms with Crippen molar-refractivity contribution >= 4 is 5.91 Å². The van der Waals surface area contributed by atoms with Gasteiger partial charge in [0.1, 0.15) is 0 Å². The molecule has 1 atom stereocenters. The van der Waals surface area contributed by atoms with E-state index >= 15 is 0 Å². The first-order valence-corrected chi connectivity index (χ1v) is 9.20. The lowest BCUT2D eigenvalue weighted by atomic mass is 10.0. The fourth-order valence-electron chi connectivity index (χ4n) is 3.29. The summed E-state index contributed by atoms with van der Waals surface area (Å²) in [5, 5.41) is 4.01. The van der Waals surface area contributed by atoms with Gasteiger partial charge in [0.15, 0.2) is 11.5 Å². The number of carbonyl (C=O) groups excluding carboxylic acids is 1. The monoisotopic (exact) mass is 353 g/mol. The summed E-state index contributed by atoms with van der Waals surface area (Å²) in [6.07, 6.45) is 5.12. The molecule has 26 heavy (non-hydrogen) atoms. The molecule has 0 spiro atoms. The first kappa shape index (κ1) is 18.4. The predicted molar refractivity (Wildman–Crippen MR) is 102 cm³/mol. The molecule has 1 amide bonds. The Hall–Kier alpha value is -2.40. The summed E-state index contributed by atoms with van der Waals surface area (Å²) in [6, 6.07) is 12.3. The number of aromatic nitrogens is 1. The molecule has 3 rings (SSSR count). The average Bonchev–Trinajstić information content (AvgIpc) is 3.30. The van der Waals surface area contributed by atoms with E-state index in [9.17, 15) is 4.79 Å². The largest absolute Gasteiger partial charge is 0.359 e. The summed E-state index contributed by atoms with van der Waals surface area (Å²) in [4.78, 5) is 16.8. The van der Waals surface area contributed by atoms with Gasteiger partial charge in [-0.25, -0.2) is 0 Å². The molecule has 1 aromatic heterocycles. The highest BCUT2D eigenvalue weighted by Gasteiger charge is 2.29. The van der Waals surface area contributed by atoms with Gasteiger partial charge in [0.05, 0.1) is 12.6 Å². The zero-order valence-corrected chi connectivity index (χ0v) is 15.8. The Bertz CT molecular complexity index is 752. The van der Waals surface area contributed by atoms with Crippen LogP contribution >= 0.6 is 0 Å². The maximum Gasteiger partial charge on any atom is 0.276 e. The van der Waals surface area contributed by atoms with E-state index in [4.69, 9.17) is 4.52 Å². The van der Waals surface area contributed by atoms with Crippen molar-refractivity contribution in [3.8, 4) is 0 Å². The van der Waals surface area contributed by atoms with E-state index in [1.54, 1.807) is 6.07 Å². The molecule has 0 unspecified atom stereocenters. The molecule has 0 bridgehead atoms. The normalized spacial score (nSPS) is 16.8. The zero-order valence-electron chi connectivity index (χ0n) is 15.8. The molecule has 0 aliphatic carbocycles. The highest BCUT2D eigenvalue weighted by molar-refractivity contribution is 5.93. The van der Waals surface area contributed by atoms with Crippen LogP contribution in [0.25, 0.3) is 0 Å². The Labute approximate surface area is 155 Å². The van der Waals surface area contributed by atoms with Crippen LogP contribution in [0, 0.1) is 5.92 Å². The van der Waals surface area contributed by atoms with Crippen LogP contribution in [0.4, 0.5) is 0 Å². The molecule has 0 saturated heterocycles. The number of hydrogen-bond donors (Lipinski definition) is 0. The second-order valence-corrected chi connectivity index (χ2v) is 7.27. The predicted octanol–water partition coefficient (Wildman–Crippen LogP) is 3.39. The lowest BCUT2D eigenvalue weighted by Gasteiger charge is -2.26. The minimum atomic E-state index is -0.0596. The molecular weight excluding hydrogens is 326 g/mol. The van der Waals surface area contributed by atoms with Gasteiger partial charge in [0, 0.05) is 19.2 Å². The number of nitrogens with zero attached hydrogens (tertiary/aromatic N) is 3. The zero-order chi connectivity index (χ0) is 18.5. The Kier molecular flexibility index (Phi) is 5.89. The molecule has 2 heterocycles. The summed E-state index contributed by atoms with van der Waals surface area (Å²) >= 11 is 0. The summed E-state index contributed by atoms with van der Waals surface area (Å²) in [7, 11) is 2.05. The summed E-state index contributed by atoms with van der Waals surface area (Å²) in [6.45, 7) is 6.44. The van der Waals surface area contributed by atoms with Crippen LogP contribution in [-0.2, 0) is 13.0 Å². The lowest BCUT2D eigenvalue weighted by molar-refractivity contribution is 0.0710. The minimum Gasteiger partial charge on any atom is -0.359 e. The molecular formula is C21H27N3O2. The maximum atomic E-state index is 12.7. The van der Waals surface area contributed by atoms with Gasteiger partial charge >= 0.3 is 0 Å². The topological polar surface area (TPSA) is 49.6 Å². The van der Waals surface area contributed by atoms with Gasteiger partial charge in [-0.2, -0.15) is 0 Å². The van der Waals surface area contributed by atoms with Crippen molar-refractivity contribution in [1.29, 1.82) is 0 Å². The molecule has 0 saturated carbocycles. The lowest BCUT2D eigenvalue weighted by Crippen LogP contribution is -2.39. The van der Waals surface area contributed by atoms with E-state index in [0.29, 0.717) is 24.7 Å². The third-order valence-electron chi connectivity index (χ3n) is 4.77. The first-order valence-electron chi connectivity index (χ1n) is 9.20. The molecule has 1 aliphatic heterocycles. The van der Waals surface area contributed by atoms with Crippen LogP contribution in [0.1, 0.15) is 35.7 Å². The Morgan fingerprint density at radius 3 is 2.85 bits per heavy atom. The first-order chi connectivity index (χ1) is 12.5. The molecule has 0 N–H and O–H groups in total. The molecule has 1 aromatic carbocycles.